The van der Waals surface area contributed by atoms with Gasteiger partial charge in [-0.2, -0.15) is 0 Å². The van der Waals surface area contributed by atoms with Gasteiger partial charge in [-0.15, -0.1) is 0 Å². The predicted octanol–water partition coefficient (Wildman–Crippen LogP) is 1.34. The molecule has 1 aromatic heterocycles. The highest BCUT2D eigenvalue weighted by Crippen LogP contribution is 2.29. The summed E-state index contributed by atoms with van der Waals surface area (Å²) in [4.78, 5) is 24.2. The number of carboxylic acids is 1. The molecule has 19 heavy (non-hydrogen) atoms. The van der Waals surface area contributed by atoms with E-state index in [1.54, 1.807) is 19.2 Å². The highest BCUT2D eigenvalue weighted by molar-refractivity contribution is 5.90. The third kappa shape index (κ3) is 2.27. The number of nitrogens with two attached hydrogens (primary N) is 1. The summed E-state index contributed by atoms with van der Waals surface area (Å²) in [6.07, 6.45) is 1.77. The van der Waals surface area contributed by atoms with E-state index in [0.717, 1.165) is 5.52 Å². The summed E-state index contributed by atoms with van der Waals surface area (Å²) in [5, 5.41) is 20.4. The van der Waals surface area contributed by atoms with Gasteiger partial charge in [0.15, 0.2) is 0 Å². The van der Waals surface area contributed by atoms with Crippen LogP contribution >= 0.6 is 0 Å². The Balaban J connectivity index is 2.54. The van der Waals surface area contributed by atoms with Crippen molar-refractivity contribution in [1.82, 2.24) is 4.98 Å². The van der Waals surface area contributed by atoms with Gasteiger partial charge in [0.25, 0.3) is 5.69 Å². The summed E-state index contributed by atoms with van der Waals surface area (Å²) in [7, 11) is 0. The maximum atomic E-state index is 10.9. The van der Waals surface area contributed by atoms with E-state index in [9.17, 15) is 14.9 Å². The van der Waals surface area contributed by atoms with Crippen molar-refractivity contribution in [2.75, 3.05) is 0 Å². The van der Waals surface area contributed by atoms with E-state index in [1.165, 1.54) is 6.07 Å². The number of hydrogen-bond acceptors (Lipinski definition) is 4. The van der Waals surface area contributed by atoms with Crippen LogP contribution in [0.1, 0.15) is 11.1 Å². The predicted molar refractivity (Wildman–Crippen MR) is 69.0 cm³/mol. The number of nitrogens with one attached hydrogen (secondary N) is 1. The van der Waals surface area contributed by atoms with Crippen LogP contribution in [-0.2, 0) is 11.2 Å². The van der Waals surface area contributed by atoms with Crippen molar-refractivity contribution < 1.29 is 14.8 Å². The lowest BCUT2D eigenvalue weighted by molar-refractivity contribution is -0.385. The molecule has 0 bridgehead atoms. The van der Waals surface area contributed by atoms with Crippen molar-refractivity contribution in [3.05, 3.63) is 39.6 Å². The van der Waals surface area contributed by atoms with Crippen LogP contribution in [0.5, 0.6) is 0 Å². The Morgan fingerprint density at radius 2 is 2.26 bits per heavy atom. The van der Waals surface area contributed by atoms with Gasteiger partial charge in [0.1, 0.15) is 6.04 Å². The molecule has 1 atom stereocenters. The number of fused-ring (bicyclic) bond motifs is 1. The minimum Gasteiger partial charge on any atom is -0.480 e. The fourth-order valence-corrected chi connectivity index (χ4v) is 2.15. The number of H-pyrrole nitrogens is 1. The highest BCUT2D eigenvalue weighted by atomic mass is 16.6. The zero-order valence-corrected chi connectivity index (χ0v) is 10.2. The van der Waals surface area contributed by atoms with E-state index in [-0.39, 0.29) is 12.1 Å². The molecule has 0 saturated heterocycles. The Bertz CT molecular complexity index is 662. The molecule has 0 amide bonds. The fourth-order valence-electron chi connectivity index (χ4n) is 2.15. The monoisotopic (exact) mass is 263 g/mol. The second-order valence-corrected chi connectivity index (χ2v) is 4.35. The largest absolute Gasteiger partial charge is 0.480 e. The number of hydrogen-bond donors (Lipinski definition) is 3. The van der Waals surface area contributed by atoms with Crippen LogP contribution in [-0.4, -0.2) is 27.0 Å². The zero-order chi connectivity index (χ0) is 14.2. The molecule has 0 aliphatic heterocycles. The van der Waals surface area contributed by atoms with Crippen LogP contribution in [0, 0.1) is 17.0 Å². The highest BCUT2D eigenvalue weighted by Gasteiger charge is 2.19. The zero-order valence-electron chi connectivity index (χ0n) is 10.2. The van der Waals surface area contributed by atoms with E-state index in [4.69, 9.17) is 10.8 Å². The van der Waals surface area contributed by atoms with Gasteiger partial charge in [0.2, 0.25) is 0 Å². The third-order valence-electron chi connectivity index (χ3n) is 3.11. The minimum atomic E-state index is -1.10. The Kier molecular flexibility index (Phi) is 3.22. The number of carboxylic acid groups (broad SMARTS) is 1. The van der Waals surface area contributed by atoms with Gasteiger partial charge in [0, 0.05) is 35.2 Å². The molecular formula is C12H13N3O4. The number of carbonyl (C=O) groups is 1. The molecule has 0 fully saturated rings. The molecule has 0 aliphatic carbocycles. The third-order valence-corrected chi connectivity index (χ3v) is 3.11. The Morgan fingerprint density at radius 1 is 1.58 bits per heavy atom. The van der Waals surface area contributed by atoms with Gasteiger partial charge in [-0.1, -0.05) is 0 Å². The molecular weight excluding hydrogens is 250 g/mol. The van der Waals surface area contributed by atoms with Gasteiger partial charge in [-0.05, 0) is 18.6 Å². The van der Waals surface area contributed by atoms with Crippen LogP contribution in [0.3, 0.4) is 0 Å². The number of benzene rings is 1. The summed E-state index contributed by atoms with van der Waals surface area (Å²) in [5.74, 6) is -1.10. The number of nitrogens with zero attached hydrogens (tertiary/aromatic N) is 1. The topological polar surface area (TPSA) is 122 Å². The number of aromatic amines is 1. The standard InChI is InChI=1S/C12H13N3O4/c1-6-10(15(18)19)3-2-9-11(6)7(5-14-9)4-8(13)12(16)17/h2-3,5,8,14H,4,13H2,1H3,(H,16,17)/t8-/m0/s1. The first-order valence-electron chi connectivity index (χ1n) is 5.64. The van der Waals surface area contributed by atoms with E-state index in [1.807, 2.05) is 0 Å². The van der Waals surface area contributed by atoms with Gasteiger partial charge in [-0.3, -0.25) is 14.9 Å². The summed E-state index contributed by atoms with van der Waals surface area (Å²) in [6.45, 7) is 1.64. The number of nitro groups is 1. The van der Waals surface area contributed by atoms with E-state index < -0.39 is 16.9 Å². The average Bonchev–Trinajstić information content (AvgIpc) is 2.73. The second-order valence-electron chi connectivity index (χ2n) is 4.35. The van der Waals surface area contributed by atoms with Crippen LogP contribution in [0.25, 0.3) is 10.9 Å². The maximum absolute atomic E-state index is 10.9. The first-order valence-corrected chi connectivity index (χ1v) is 5.64. The van der Waals surface area contributed by atoms with Crippen LogP contribution < -0.4 is 5.73 Å². The molecule has 4 N–H and O–H groups in total. The summed E-state index contributed by atoms with van der Waals surface area (Å²) in [5.41, 5.74) is 7.43. The molecule has 2 aromatic rings. The van der Waals surface area contributed by atoms with Gasteiger partial charge < -0.3 is 15.8 Å². The average molecular weight is 263 g/mol. The van der Waals surface area contributed by atoms with Crippen molar-refractivity contribution in [3.63, 3.8) is 0 Å². The van der Waals surface area contributed by atoms with Crippen molar-refractivity contribution in [2.45, 2.75) is 19.4 Å². The summed E-state index contributed by atoms with van der Waals surface area (Å²) in [6, 6.07) is 2.00. The molecule has 0 saturated carbocycles. The quantitative estimate of drug-likeness (QED) is 0.567. The number of aromatic nitrogens is 1. The summed E-state index contributed by atoms with van der Waals surface area (Å²) >= 11 is 0. The van der Waals surface area contributed by atoms with Crippen molar-refractivity contribution >= 4 is 22.6 Å². The molecule has 0 aliphatic rings. The van der Waals surface area contributed by atoms with Crippen molar-refractivity contribution in [2.24, 2.45) is 5.73 Å². The van der Waals surface area contributed by atoms with Crippen molar-refractivity contribution in [3.8, 4) is 0 Å². The van der Waals surface area contributed by atoms with Gasteiger partial charge >= 0.3 is 5.97 Å². The SMILES string of the molecule is Cc1c([N+](=O)[O-])ccc2[nH]cc(C[C@H](N)C(=O)O)c12. The molecule has 7 heteroatoms. The molecule has 0 unspecified atom stereocenters. The molecule has 0 spiro atoms. The molecule has 7 nitrogen and oxygen atoms in total. The maximum Gasteiger partial charge on any atom is 0.320 e. The van der Waals surface area contributed by atoms with Crippen LogP contribution in [0.15, 0.2) is 18.3 Å². The molecule has 1 heterocycles. The number of aliphatic carboxylic acids is 1. The second kappa shape index (κ2) is 4.69. The van der Waals surface area contributed by atoms with Crippen molar-refractivity contribution in [1.29, 1.82) is 0 Å². The Morgan fingerprint density at radius 3 is 2.84 bits per heavy atom. The smallest absolute Gasteiger partial charge is 0.320 e. The van der Waals surface area contributed by atoms with Gasteiger partial charge in [0.05, 0.1) is 4.92 Å². The van der Waals surface area contributed by atoms with Crippen LogP contribution in [0.4, 0.5) is 5.69 Å². The van der Waals surface area contributed by atoms with E-state index >= 15 is 0 Å². The molecule has 1 aromatic carbocycles. The Labute approximate surface area is 108 Å². The Hall–Kier alpha value is -2.41. The lowest BCUT2D eigenvalue weighted by Gasteiger charge is -2.06. The first-order chi connectivity index (χ1) is 8.91. The van der Waals surface area contributed by atoms with E-state index in [0.29, 0.717) is 16.5 Å². The molecule has 100 valence electrons. The first kappa shape index (κ1) is 13.0. The lowest BCUT2D eigenvalue weighted by Crippen LogP contribution is -2.32. The minimum absolute atomic E-state index is 0.0113. The number of nitro benzene ring substituents is 1. The normalized spacial score (nSPS) is 12.5. The fraction of sp³-hybridized carbons (Fsp3) is 0.250. The van der Waals surface area contributed by atoms with Gasteiger partial charge in [-0.25, -0.2) is 0 Å². The lowest BCUT2D eigenvalue weighted by atomic mass is 10.0. The van der Waals surface area contributed by atoms with E-state index in [2.05, 4.69) is 4.98 Å². The summed E-state index contributed by atoms with van der Waals surface area (Å²) < 4.78 is 0. The van der Waals surface area contributed by atoms with Crippen LogP contribution in [0.2, 0.25) is 0 Å². The molecule has 2 rings (SSSR count). The number of aryl methyl sites for hydroxylation is 1. The number of rotatable bonds is 4. The molecule has 0 radical (unpaired) electrons.